The SMILES string of the molecule is CO[C@H](c1ccccc1F)[C@@H](C)NCc1cc(F)cc(F)c1. The predicted molar refractivity (Wildman–Crippen MR) is 78.8 cm³/mol. The molecule has 2 rings (SSSR count). The van der Waals surface area contributed by atoms with Gasteiger partial charge in [-0.05, 0) is 30.7 Å². The van der Waals surface area contributed by atoms with Gasteiger partial charge in [-0.3, -0.25) is 0 Å². The van der Waals surface area contributed by atoms with E-state index in [4.69, 9.17) is 4.74 Å². The molecule has 0 unspecified atom stereocenters. The van der Waals surface area contributed by atoms with Crippen LogP contribution in [-0.2, 0) is 11.3 Å². The number of methoxy groups -OCH3 is 1. The van der Waals surface area contributed by atoms with E-state index in [2.05, 4.69) is 5.32 Å². The minimum absolute atomic E-state index is 0.242. The van der Waals surface area contributed by atoms with Crippen molar-refractivity contribution >= 4 is 0 Å². The number of benzene rings is 2. The molecular formula is C17H18F3NO. The molecule has 2 aromatic carbocycles. The van der Waals surface area contributed by atoms with E-state index in [1.807, 2.05) is 6.92 Å². The number of halogens is 3. The third-order valence-corrected chi connectivity index (χ3v) is 3.47. The van der Waals surface area contributed by atoms with Crippen LogP contribution in [0.2, 0.25) is 0 Å². The lowest BCUT2D eigenvalue weighted by molar-refractivity contribution is 0.0700. The molecule has 118 valence electrons. The number of nitrogens with one attached hydrogen (secondary N) is 1. The maximum atomic E-state index is 13.8. The van der Waals surface area contributed by atoms with Gasteiger partial charge in [0.15, 0.2) is 0 Å². The topological polar surface area (TPSA) is 21.3 Å². The van der Waals surface area contributed by atoms with Gasteiger partial charge in [0.25, 0.3) is 0 Å². The van der Waals surface area contributed by atoms with E-state index in [1.165, 1.54) is 25.3 Å². The van der Waals surface area contributed by atoms with E-state index >= 15 is 0 Å². The van der Waals surface area contributed by atoms with E-state index in [9.17, 15) is 13.2 Å². The van der Waals surface area contributed by atoms with Crippen LogP contribution in [0, 0.1) is 17.5 Å². The summed E-state index contributed by atoms with van der Waals surface area (Å²) >= 11 is 0. The summed E-state index contributed by atoms with van der Waals surface area (Å²) in [5.41, 5.74) is 0.920. The summed E-state index contributed by atoms with van der Waals surface area (Å²) in [6, 6.07) is 9.47. The lowest BCUT2D eigenvalue weighted by Crippen LogP contribution is -2.33. The van der Waals surface area contributed by atoms with Crippen LogP contribution < -0.4 is 5.32 Å². The molecule has 5 heteroatoms. The highest BCUT2D eigenvalue weighted by Crippen LogP contribution is 2.23. The van der Waals surface area contributed by atoms with Crippen molar-refractivity contribution in [3.05, 3.63) is 71.0 Å². The Morgan fingerprint density at radius 2 is 1.68 bits per heavy atom. The van der Waals surface area contributed by atoms with Crippen molar-refractivity contribution in [2.75, 3.05) is 7.11 Å². The average Bonchev–Trinajstić information content (AvgIpc) is 2.47. The fourth-order valence-electron chi connectivity index (χ4n) is 2.41. The Morgan fingerprint density at radius 3 is 2.27 bits per heavy atom. The third-order valence-electron chi connectivity index (χ3n) is 3.47. The van der Waals surface area contributed by atoms with Gasteiger partial charge < -0.3 is 10.1 Å². The molecule has 0 heterocycles. The van der Waals surface area contributed by atoms with Crippen molar-refractivity contribution in [2.24, 2.45) is 0 Å². The molecule has 0 aliphatic heterocycles. The summed E-state index contributed by atoms with van der Waals surface area (Å²) in [6.45, 7) is 2.08. The molecule has 0 aromatic heterocycles. The number of ether oxygens (including phenoxy) is 1. The maximum absolute atomic E-state index is 13.8. The first-order chi connectivity index (χ1) is 10.5. The Labute approximate surface area is 127 Å². The van der Waals surface area contributed by atoms with Gasteiger partial charge in [0, 0.05) is 31.3 Å². The molecule has 0 aliphatic rings. The van der Waals surface area contributed by atoms with Gasteiger partial charge in [0.05, 0.1) is 6.10 Å². The second-order valence-corrected chi connectivity index (χ2v) is 5.13. The van der Waals surface area contributed by atoms with Crippen molar-refractivity contribution in [1.29, 1.82) is 0 Å². The third kappa shape index (κ3) is 4.08. The molecule has 2 atom stereocenters. The van der Waals surface area contributed by atoms with Crippen LogP contribution in [0.25, 0.3) is 0 Å². The molecule has 0 amide bonds. The molecule has 0 spiro atoms. The van der Waals surface area contributed by atoms with Gasteiger partial charge in [0.2, 0.25) is 0 Å². The molecule has 0 radical (unpaired) electrons. The highest BCUT2D eigenvalue weighted by atomic mass is 19.1. The second kappa shape index (κ2) is 7.42. The van der Waals surface area contributed by atoms with Crippen LogP contribution in [0.1, 0.15) is 24.2 Å². The number of hydrogen-bond acceptors (Lipinski definition) is 2. The minimum atomic E-state index is -0.623. The molecule has 0 saturated heterocycles. The largest absolute Gasteiger partial charge is 0.375 e. The van der Waals surface area contributed by atoms with Crippen molar-refractivity contribution in [3.63, 3.8) is 0 Å². The molecule has 0 bridgehead atoms. The lowest BCUT2D eigenvalue weighted by Gasteiger charge is -2.24. The predicted octanol–water partition coefficient (Wildman–Crippen LogP) is 3.97. The van der Waals surface area contributed by atoms with Crippen LogP contribution in [0.15, 0.2) is 42.5 Å². The Balaban J connectivity index is 2.06. The normalized spacial score (nSPS) is 13.9. The molecule has 2 aromatic rings. The second-order valence-electron chi connectivity index (χ2n) is 5.13. The molecule has 0 saturated carbocycles. The lowest BCUT2D eigenvalue weighted by atomic mass is 10.0. The van der Waals surface area contributed by atoms with Gasteiger partial charge in [-0.25, -0.2) is 13.2 Å². The number of rotatable bonds is 6. The molecule has 1 N–H and O–H groups in total. The summed E-state index contributed by atoms with van der Waals surface area (Å²) in [5.74, 6) is -1.59. The zero-order valence-electron chi connectivity index (χ0n) is 12.4. The zero-order valence-corrected chi connectivity index (χ0v) is 12.4. The first-order valence-electron chi connectivity index (χ1n) is 6.97. The fourth-order valence-corrected chi connectivity index (χ4v) is 2.41. The summed E-state index contributed by atoms with van der Waals surface area (Å²) < 4.78 is 45.5. The van der Waals surface area contributed by atoms with Crippen molar-refractivity contribution in [1.82, 2.24) is 5.32 Å². The molecule has 0 fully saturated rings. The van der Waals surface area contributed by atoms with Gasteiger partial charge >= 0.3 is 0 Å². The van der Waals surface area contributed by atoms with E-state index in [0.717, 1.165) is 6.07 Å². The first-order valence-corrected chi connectivity index (χ1v) is 6.97. The van der Waals surface area contributed by atoms with Gasteiger partial charge in [-0.15, -0.1) is 0 Å². The summed E-state index contributed by atoms with van der Waals surface area (Å²) in [6.07, 6.45) is -0.500. The van der Waals surface area contributed by atoms with Gasteiger partial charge in [0.1, 0.15) is 17.5 Å². The van der Waals surface area contributed by atoms with Crippen molar-refractivity contribution in [2.45, 2.75) is 25.6 Å². The summed E-state index contributed by atoms with van der Waals surface area (Å²) in [4.78, 5) is 0. The monoisotopic (exact) mass is 309 g/mol. The van der Waals surface area contributed by atoms with E-state index < -0.39 is 17.7 Å². The van der Waals surface area contributed by atoms with Crippen molar-refractivity contribution in [3.8, 4) is 0 Å². The molecule has 22 heavy (non-hydrogen) atoms. The van der Waals surface area contributed by atoms with Gasteiger partial charge in [-0.1, -0.05) is 18.2 Å². The van der Waals surface area contributed by atoms with E-state index in [0.29, 0.717) is 11.1 Å². The Morgan fingerprint density at radius 1 is 1.05 bits per heavy atom. The summed E-state index contributed by atoms with van der Waals surface area (Å²) in [7, 11) is 1.50. The molecule has 2 nitrogen and oxygen atoms in total. The molecular weight excluding hydrogens is 291 g/mol. The first kappa shape index (κ1) is 16.5. The highest BCUT2D eigenvalue weighted by Gasteiger charge is 2.21. The standard InChI is InChI=1S/C17H18F3NO/c1-11(17(22-2)15-5-3-4-6-16(15)20)21-10-12-7-13(18)9-14(19)8-12/h3-9,11,17,21H,10H2,1-2H3/t11-,17+/m1/s1. The highest BCUT2D eigenvalue weighted by molar-refractivity contribution is 5.22. The minimum Gasteiger partial charge on any atom is -0.375 e. The maximum Gasteiger partial charge on any atom is 0.129 e. The Kier molecular flexibility index (Phi) is 5.57. The van der Waals surface area contributed by atoms with Crippen LogP contribution in [0.5, 0.6) is 0 Å². The van der Waals surface area contributed by atoms with Crippen LogP contribution in [0.3, 0.4) is 0 Å². The van der Waals surface area contributed by atoms with E-state index in [1.54, 1.807) is 18.2 Å². The van der Waals surface area contributed by atoms with E-state index in [-0.39, 0.29) is 18.4 Å². The van der Waals surface area contributed by atoms with Crippen LogP contribution in [0.4, 0.5) is 13.2 Å². The Hall–Kier alpha value is -1.85. The summed E-state index contributed by atoms with van der Waals surface area (Å²) in [5, 5.41) is 3.11. The quantitative estimate of drug-likeness (QED) is 0.872. The Bertz CT molecular complexity index is 613. The van der Waals surface area contributed by atoms with Crippen LogP contribution >= 0.6 is 0 Å². The van der Waals surface area contributed by atoms with Crippen molar-refractivity contribution < 1.29 is 17.9 Å². The van der Waals surface area contributed by atoms with Crippen LogP contribution in [-0.4, -0.2) is 13.2 Å². The fraction of sp³-hybridized carbons (Fsp3) is 0.294. The van der Waals surface area contributed by atoms with Gasteiger partial charge in [-0.2, -0.15) is 0 Å². The zero-order chi connectivity index (χ0) is 16.1. The number of hydrogen-bond donors (Lipinski definition) is 1. The molecule has 0 aliphatic carbocycles. The average molecular weight is 309 g/mol. The smallest absolute Gasteiger partial charge is 0.129 e.